The molecular formula is C51H32SSe. The van der Waals surface area contributed by atoms with Crippen molar-refractivity contribution in [1.82, 2.24) is 0 Å². The molecule has 0 aliphatic rings. The molecule has 0 unspecified atom stereocenters. The molecule has 11 rings (SSSR count). The van der Waals surface area contributed by atoms with Gasteiger partial charge in [-0.05, 0) is 0 Å². The van der Waals surface area contributed by atoms with Gasteiger partial charge in [0.2, 0.25) is 0 Å². The summed E-state index contributed by atoms with van der Waals surface area (Å²) in [6.45, 7) is 2.20. The van der Waals surface area contributed by atoms with E-state index in [2.05, 4.69) is 183 Å². The summed E-state index contributed by atoms with van der Waals surface area (Å²) in [5.41, 5.74) is 9.14. The summed E-state index contributed by atoms with van der Waals surface area (Å²) in [7, 11) is 0. The van der Waals surface area contributed by atoms with Crippen LogP contribution in [-0.2, 0) is 0 Å². The van der Waals surface area contributed by atoms with Gasteiger partial charge in [0.25, 0.3) is 0 Å². The van der Waals surface area contributed by atoms with Crippen LogP contribution < -0.4 is 0 Å². The fourth-order valence-electron chi connectivity index (χ4n) is 8.72. The molecule has 11 aromatic rings. The van der Waals surface area contributed by atoms with Gasteiger partial charge in [-0.25, -0.2) is 0 Å². The zero-order valence-electron chi connectivity index (χ0n) is 29.1. The molecule has 0 fully saturated rings. The summed E-state index contributed by atoms with van der Waals surface area (Å²) in [6.07, 6.45) is 0. The summed E-state index contributed by atoms with van der Waals surface area (Å²) in [5.74, 6) is 0. The van der Waals surface area contributed by atoms with Crippen molar-refractivity contribution in [3.05, 3.63) is 181 Å². The number of hydrogen-bond donors (Lipinski definition) is 0. The molecule has 0 radical (unpaired) electrons. The van der Waals surface area contributed by atoms with E-state index in [0.717, 1.165) is 0 Å². The van der Waals surface area contributed by atoms with Crippen molar-refractivity contribution in [3.8, 4) is 43.8 Å². The van der Waals surface area contributed by atoms with E-state index in [1.165, 1.54) is 111 Å². The number of thiophene rings is 1. The predicted molar refractivity (Wildman–Crippen MR) is 233 cm³/mol. The van der Waals surface area contributed by atoms with Crippen molar-refractivity contribution in [2.75, 3.05) is 0 Å². The van der Waals surface area contributed by atoms with E-state index >= 15 is 0 Å². The Morgan fingerprint density at radius 2 is 0.774 bits per heavy atom. The van der Waals surface area contributed by atoms with E-state index in [4.69, 9.17) is 0 Å². The van der Waals surface area contributed by atoms with Crippen molar-refractivity contribution < 1.29 is 0 Å². The van der Waals surface area contributed by atoms with Crippen molar-refractivity contribution >= 4 is 88.2 Å². The van der Waals surface area contributed by atoms with Gasteiger partial charge in [0.15, 0.2) is 0 Å². The van der Waals surface area contributed by atoms with Gasteiger partial charge in [0.05, 0.1) is 0 Å². The van der Waals surface area contributed by atoms with Crippen LogP contribution in [0.3, 0.4) is 0 Å². The molecule has 0 bridgehead atoms. The third kappa shape index (κ3) is 4.80. The Hall–Kier alpha value is -5.76. The van der Waals surface area contributed by atoms with E-state index in [-0.39, 0.29) is 14.5 Å². The molecule has 0 saturated carbocycles. The summed E-state index contributed by atoms with van der Waals surface area (Å²) >= 11 is 2.10. The zero-order valence-corrected chi connectivity index (χ0v) is 31.6. The first-order valence-electron chi connectivity index (χ1n) is 18.2. The summed E-state index contributed by atoms with van der Waals surface area (Å²) in [6, 6.07) is 65.9. The Kier molecular flexibility index (Phi) is 7.07. The van der Waals surface area contributed by atoms with Crippen molar-refractivity contribution in [3.63, 3.8) is 0 Å². The molecule has 0 N–H and O–H groups in total. The van der Waals surface area contributed by atoms with Crippen molar-refractivity contribution in [2.24, 2.45) is 0 Å². The molecule has 0 aliphatic carbocycles. The van der Waals surface area contributed by atoms with Crippen molar-refractivity contribution in [1.29, 1.82) is 0 Å². The normalized spacial score (nSPS) is 11.9. The molecule has 0 amide bonds. The molecule has 0 spiro atoms. The van der Waals surface area contributed by atoms with Crippen LogP contribution in [0.2, 0.25) is 0 Å². The molecule has 248 valence electrons. The molecule has 0 aliphatic heterocycles. The minimum absolute atomic E-state index is 0.222. The van der Waals surface area contributed by atoms with Crippen LogP contribution in [0.4, 0.5) is 0 Å². The molecular weight excluding hydrogens is 724 g/mol. The van der Waals surface area contributed by atoms with Gasteiger partial charge < -0.3 is 0 Å². The Labute approximate surface area is 318 Å². The van der Waals surface area contributed by atoms with Gasteiger partial charge in [-0.2, -0.15) is 0 Å². The Morgan fingerprint density at radius 1 is 0.321 bits per heavy atom. The number of rotatable bonds is 4. The third-order valence-electron chi connectivity index (χ3n) is 11.0. The molecule has 0 atom stereocenters. The Morgan fingerprint density at radius 3 is 1.28 bits per heavy atom. The fraction of sp³-hybridized carbons (Fsp3) is 0.0196. The van der Waals surface area contributed by atoms with Crippen LogP contribution in [0, 0.1) is 6.92 Å². The van der Waals surface area contributed by atoms with Gasteiger partial charge in [0.1, 0.15) is 0 Å². The van der Waals surface area contributed by atoms with E-state index in [1.54, 1.807) is 0 Å². The molecule has 2 heteroatoms. The topological polar surface area (TPSA) is 0 Å². The quantitative estimate of drug-likeness (QED) is 0.124. The first-order chi connectivity index (χ1) is 26.2. The fourth-order valence-corrected chi connectivity index (χ4v) is 12.0. The second kappa shape index (κ2) is 12.2. The minimum atomic E-state index is 0.222. The summed E-state index contributed by atoms with van der Waals surface area (Å²) < 4.78 is 2.92. The van der Waals surface area contributed by atoms with Crippen LogP contribution in [0.25, 0.3) is 106 Å². The van der Waals surface area contributed by atoms with Crippen LogP contribution in [0.1, 0.15) is 4.88 Å². The standard InChI is InChI=1S/C51H32SSe/c1-31-23-27-45(52-31)51-42-21-11-9-19-40(42)49(41-20-10-12-22-43(41)51)33-25-28-46-44(29-33)35-26-24-34(30-47(35)53-46)50-38-17-7-5-15-36(38)48(32-13-3-2-4-14-32)37-16-6-8-18-39(37)50/h2-30H,1H3. The molecule has 0 saturated heterocycles. The Balaban J connectivity index is 1.13. The van der Waals surface area contributed by atoms with Gasteiger partial charge in [-0.3, -0.25) is 0 Å². The number of fused-ring (bicyclic) bond motifs is 7. The number of hydrogen-bond acceptors (Lipinski definition) is 1. The maximum absolute atomic E-state index is 2.49. The SMILES string of the molecule is Cc1ccc(-c2c3ccccc3c(-c3ccc4[se]c5cc(-c6c7ccccc7c(-c7ccccc7)c7ccccc67)ccc5c4c3)c3ccccc23)s1. The van der Waals surface area contributed by atoms with E-state index in [0.29, 0.717) is 0 Å². The molecule has 53 heavy (non-hydrogen) atoms. The molecule has 2 heterocycles. The van der Waals surface area contributed by atoms with E-state index < -0.39 is 0 Å². The van der Waals surface area contributed by atoms with Crippen LogP contribution in [0.5, 0.6) is 0 Å². The monoisotopic (exact) mass is 756 g/mol. The third-order valence-corrected chi connectivity index (χ3v) is 14.4. The average molecular weight is 756 g/mol. The molecule has 0 nitrogen and oxygen atoms in total. The van der Waals surface area contributed by atoms with Crippen molar-refractivity contribution in [2.45, 2.75) is 6.92 Å². The van der Waals surface area contributed by atoms with Crippen LogP contribution in [0.15, 0.2) is 176 Å². The maximum atomic E-state index is 2.49. The first-order valence-corrected chi connectivity index (χ1v) is 20.7. The van der Waals surface area contributed by atoms with Crippen LogP contribution >= 0.6 is 11.3 Å². The summed E-state index contributed by atoms with van der Waals surface area (Å²) in [5, 5.41) is 13.2. The van der Waals surface area contributed by atoms with Gasteiger partial charge in [-0.1, -0.05) is 0 Å². The van der Waals surface area contributed by atoms with Gasteiger partial charge in [0, 0.05) is 0 Å². The first kappa shape index (κ1) is 30.8. The number of aryl methyl sites for hydroxylation is 1. The van der Waals surface area contributed by atoms with E-state index in [1.807, 2.05) is 11.3 Å². The summed E-state index contributed by atoms with van der Waals surface area (Å²) in [4.78, 5) is 2.67. The molecule has 9 aromatic carbocycles. The average Bonchev–Trinajstić information content (AvgIpc) is 3.81. The second-order valence-electron chi connectivity index (χ2n) is 14.0. The zero-order chi connectivity index (χ0) is 35.0. The van der Waals surface area contributed by atoms with E-state index in [9.17, 15) is 0 Å². The second-order valence-corrected chi connectivity index (χ2v) is 17.5. The van der Waals surface area contributed by atoms with Gasteiger partial charge >= 0.3 is 320 Å². The molecule has 2 aromatic heterocycles. The Bertz CT molecular complexity index is 3120. The van der Waals surface area contributed by atoms with Gasteiger partial charge in [-0.15, -0.1) is 0 Å². The predicted octanol–water partition coefficient (Wildman–Crippen LogP) is 14.7. The number of benzene rings is 9. The van der Waals surface area contributed by atoms with Crippen LogP contribution in [-0.4, -0.2) is 14.5 Å².